The van der Waals surface area contributed by atoms with Crippen molar-refractivity contribution >= 4 is 5.91 Å². The first-order valence-electron chi connectivity index (χ1n) is 10.8. The molecule has 0 fully saturated rings. The summed E-state index contributed by atoms with van der Waals surface area (Å²) in [6.07, 6.45) is 4.14. The van der Waals surface area contributed by atoms with E-state index in [0.717, 1.165) is 28.0 Å². The molecule has 0 aliphatic carbocycles. The lowest BCUT2D eigenvalue weighted by atomic mass is 9.96. The van der Waals surface area contributed by atoms with E-state index in [1.807, 2.05) is 97.9 Å². The Balaban J connectivity index is 1.65. The van der Waals surface area contributed by atoms with Crippen molar-refractivity contribution in [3.05, 3.63) is 120 Å². The average molecular weight is 423 g/mol. The summed E-state index contributed by atoms with van der Waals surface area (Å²) in [4.78, 5) is 17.7. The Hall–Kier alpha value is -3.92. The van der Waals surface area contributed by atoms with Crippen molar-refractivity contribution in [3.8, 4) is 16.9 Å². The summed E-state index contributed by atoms with van der Waals surface area (Å²) in [6.45, 7) is 2.56. The molecule has 0 radical (unpaired) electrons. The van der Waals surface area contributed by atoms with Gasteiger partial charge in [0, 0.05) is 24.4 Å². The van der Waals surface area contributed by atoms with Gasteiger partial charge in [-0.1, -0.05) is 72.8 Å². The van der Waals surface area contributed by atoms with Crippen LogP contribution in [0.1, 0.15) is 34.5 Å². The van der Waals surface area contributed by atoms with Crippen LogP contribution in [0.5, 0.6) is 5.75 Å². The van der Waals surface area contributed by atoms with Crippen molar-refractivity contribution in [1.29, 1.82) is 0 Å². The van der Waals surface area contributed by atoms with Crippen molar-refractivity contribution < 1.29 is 9.53 Å². The molecule has 4 nitrogen and oxygen atoms in total. The van der Waals surface area contributed by atoms with Crippen molar-refractivity contribution in [1.82, 2.24) is 10.3 Å². The van der Waals surface area contributed by atoms with Gasteiger partial charge in [-0.05, 0) is 47.4 Å². The number of nitrogens with one attached hydrogen (secondary N) is 1. The standard InChI is InChI=1S/C28H26N2O2/c1-2-32-27-17-9-6-13-22(27)19-26(23-14-10-18-29-20-23)30-28(31)25-16-8-7-15-24(25)21-11-4-3-5-12-21/h3-18,20,26H,2,19H2,1H3,(H,30,31). The topological polar surface area (TPSA) is 51.2 Å². The maximum atomic E-state index is 13.5. The van der Waals surface area contributed by atoms with Gasteiger partial charge in [0.2, 0.25) is 0 Å². The maximum absolute atomic E-state index is 13.5. The number of aromatic nitrogens is 1. The molecule has 1 aromatic heterocycles. The fourth-order valence-electron chi connectivity index (χ4n) is 3.81. The summed E-state index contributed by atoms with van der Waals surface area (Å²) in [6, 6.07) is 29.2. The van der Waals surface area contributed by atoms with Gasteiger partial charge in [0.05, 0.1) is 12.6 Å². The van der Waals surface area contributed by atoms with Crippen LogP contribution in [0.2, 0.25) is 0 Å². The zero-order valence-electron chi connectivity index (χ0n) is 18.1. The van der Waals surface area contributed by atoms with E-state index in [4.69, 9.17) is 4.74 Å². The second-order valence-electron chi connectivity index (χ2n) is 7.47. The highest BCUT2D eigenvalue weighted by Gasteiger charge is 2.20. The van der Waals surface area contributed by atoms with Crippen LogP contribution < -0.4 is 10.1 Å². The summed E-state index contributed by atoms with van der Waals surface area (Å²) in [5.74, 6) is 0.718. The van der Waals surface area contributed by atoms with Gasteiger partial charge < -0.3 is 10.1 Å². The van der Waals surface area contributed by atoms with E-state index in [1.165, 1.54) is 0 Å². The third-order valence-corrected chi connectivity index (χ3v) is 5.35. The minimum atomic E-state index is -0.248. The summed E-state index contributed by atoms with van der Waals surface area (Å²) < 4.78 is 5.81. The van der Waals surface area contributed by atoms with E-state index >= 15 is 0 Å². The zero-order chi connectivity index (χ0) is 22.2. The van der Waals surface area contributed by atoms with Gasteiger partial charge in [-0.15, -0.1) is 0 Å². The van der Waals surface area contributed by atoms with E-state index in [0.29, 0.717) is 18.6 Å². The number of rotatable bonds is 8. The minimum absolute atomic E-state index is 0.118. The molecule has 32 heavy (non-hydrogen) atoms. The number of amides is 1. The Morgan fingerprint density at radius 1 is 0.906 bits per heavy atom. The van der Waals surface area contributed by atoms with Crippen molar-refractivity contribution in [2.75, 3.05) is 6.61 Å². The highest BCUT2D eigenvalue weighted by atomic mass is 16.5. The number of benzene rings is 3. The van der Waals surface area contributed by atoms with E-state index in [2.05, 4.69) is 10.3 Å². The summed E-state index contributed by atoms with van der Waals surface area (Å²) in [5.41, 5.74) is 4.55. The first-order valence-corrected chi connectivity index (χ1v) is 10.8. The number of carbonyl (C=O) groups is 1. The van der Waals surface area contributed by atoms with Gasteiger partial charge in [0.1, 0.15) is 5.75 Å². The Labute approximate surface area is 188 Å². The third-order valence-electron chi connectivity index (χ3n) is 5.35. The molecule has 0 bridgehead atoms. The second-order valence-corrected chi connectivity index (χ2v) is 7.47. The fourth-order valence-corrected chi connectivity index (χ4v) is 3.81. The third kappa shape index (κ3) is 5.03. The fraction of sp³-hybridized carbons (Fsp3) is 0.143. The quantitative estimate of drug-likeness (QED) is 0.387. The molecule has 0 saturated heterocycles. The largest absolute Gasteiger partial charge is 0.494 e. The van der Waals surface area contributed by atoms with Gasteiger partial charge >= 0.3 is 0 Å². The highest BCUT2D eigenvalue weighted by Crippen LogP contribution is 2.27. The van der Waals surface area contributed by atoms with Crippen molar-refractivity contribution in [2.24, 2.45) is 0 Å². The van der Waals surface area contributed by atoms with Gasteiger partial charge in [-0.2, -0.15) is 0 Å². The van der Waals surface area contributed by atoms with Gasteiger partial charge in [0.25, 0.3) is 5.91 Å². The van der Waals surface area contributed by atoms with Crippen LogP contribution in [0.4, 0.5) is 0 Å². The molecule has 1 unspecified atom stereocenters. The number of para-hydroxylation sites is 1. The summed E-state index contributed by atoms with van der Waals surface area (Å²) in [5, 5.41) is 3.24. The van der Waals surface area contributed by atoms with Crippen LogP contribution in [0, 0.1) is 0 Å². The Morgan fingerprint density at radius 2 is 1.66 bits per heavy atom. The molecule has 3 aromatic carbocycles. The molecule has 4 rings (SSSR count). The molecule has 0 spiro atoms. The van der Waals surface area contributed by atoms with E-state index in [9.17, 15) is 4.79 Å². The molecular weight excluding hydrogens is 396 g/mol. The smallest absolute Gasteiger partial charge is 0.252 e. The molecular formula is C28H26N2O2. The summed E-state index contributed by atoms with van der Waals surface area (Å²) >= 11 is 0. The molecule has 0 saturated carbocycles. The lowest BCUT2D eigenvalue weighted by Crippen LogP contribution is -2.30. The molecule has 160 valence electrons. The van der Waals surface area contributed by atoms with E-state index in [-0.39, 0.29) is 11.9 Å². The van der Waals surface area contributed by atoms with E-state index < -0.39 is 0 Å². The number of hydrogen-bond donors (Lipinski definition) is 1. The minimum Gasteiger partial charge on any atom is -0.494 e. The Morgan fingerprint density at radius 3 is 2.44 bits per heavy atom. The van der Waals surface area contributed by atoms with Gasteiger partial charge in [-0.25, -0.2) is 0 Å². The van der Waals surface area contributed by atoms with Gasteiger partial charge in [-0.3, -0.25) is 9.78 Å². The summed E-state index contributed by atoms with van der Waals surface area (Å²) in [7, 11) is 0. The molecule has 0 aliphatic heterocycles. The number of pyridine rings is 1. The molecule has 1 N–H and O–H groups in total. The zero-order valence-corrected chi connectivity index (χ0v) is 18.1. The molecule has 0 aliphatic rings. The van der Waals surface area contributed by atoms with Crippen LogP contribution in [0.25, 0.3) is 11.1 Å². The molecule has 1 heterocycles. The molecule has 1 amide bonds. The predicted molar refractivity (Wildman–Crippen MR) is 128 cm³/mol. The van der Waals surface area contributed by atoms with Gasteiger partial charge in [0.15, 0.2) is 0 Å². The maximum Gasteiger partial charge on any atom is 0.252 e. The molecule has 4 aromatic rings. The average Bonchev–Trinajstić information content (AvgIpc) is 2.86. The SMILES string of the molecule is CCOc1ccccc1CC(NC(=O)c1ccccc1-c1ccccc1)c1cccnc1. The molecule has 1 atom stereocenters. The Kier molecular flexibility index (Phi) is 6.93. The lowest BCUT2D eigenvalue weighted by Gasteiger charge is -2.21. The number of ether oxygens (including phenoxy) is 1. The number of carbonyl (C=O) groups excluding carboxylic acids is 1. The lowest BCUT2D eigenvalue weighted by molar-refractivity contribution is 0.0937. The van der Waals surface area contributed by atoms with Crippen LogP contribution in [-0.4, -0.2) is 17.5 Å². The number of nitrogens with zero attached hydrogens (tertiary/aromatic N) is 1. The second kappa shape index (κ2) is 10.4. The van der Waals surface area contributed by atoms with Crippen molar-refractivity contribution in [3.63, 3.8) is 0 Å². The van der Waals surface area contributed by atoms with Crippen LogP contribution >= 0.6 is 0 Å². The highest BCUT2D eigenvalue weighted by molar-refractivity contribution is 6.01. The first-order chi connectivity index (χ1) is 15.8. The van der Waals surface area contributed by atoms with Crippen LogP contribution in [-0.2, 0) is 6.42 Å². The normalized spacial score (nSPS) is 11.5. The van der Waals surface area contributed by atoms with E-state index in [1.54, 1.807) is 12.4 Å². The predicted octanol–water partition coefficient (Wildman–Crippen LogP) is 5.86. The number of hydrogen-bond acceptors (Lipinski definition) is 3. The molecule has 4 heteroatoms. The van der Waals surface area contributed by atoms with Crippen LogP contribution in [0.15, 0.2) is 103 Å². The Bertz CT molecular complexity index is 1160. The first kappa shape index (κ1) is 21.3. The van der Waals surface area contributed by atoms with Crippen molar-refractivity contribution in [2.45, 2.75) is 19.4 Å². The van der Waals surface area contributed by atoms with Crippen LogP contribution in [0.3, 0.4) is 0 Å². The monoisotopic (exact) mass is 422 g/mol.